The molecule has 8 aromatic rings. The Kier molecular flexibility index (Phi) is 12.4. The Morgan fingerprint density at radius 1 is 0.548 bits per heavy atom. The maximum Gasteiger partial charge on any atom is 0.266 e. The SMILES string of the molecule is O=C(NC(c1ccccc1)c1cc(Cl)c2cccnc2c1O)C(Oc1ccc(Cl)cc1)C(Oc1ccccc1)C(=O)NC(c1cccc(F)c1)c1cc(Cl)c2cccnc2c1O. The number of hydrogen-bond donors (Lipinski definition) is 4. The third-order valence-corrected chi connectivity index (χ3v) is 11.0. The minimum atomic E-state index is -1.80. The highest BCUT2D eigenvalue weighted by atomic mass is 35.5. The summed E-state index contributed by atoms with van der Waals surface area (Å²) in [6.45, 7) is 0. The average molecular weight is 888 g/mol. The molecule has 6 aromatic carbocycles. The van der Waals surface area contributed by atoms with E-state index in [9.17, 15) is 14.6 Å². The topological polar surface area (TPSA) is 143 Å². The van der Waals surface area contributed by atoms with Crippen LogP contribution < -0.4 is 20.1 Å². The van der Waals surface area contributed by atoms with Gasteiger partial charge in [0.05, 0.1) is 22.1 Å². The second kappa shape index (κ2) is 18.4. The summed E-state index contributed by atoms with van der Waals surface area (Å²) in [6.07, 6.45) is -0.601. The number of hydrogen-bond acceptors (Lipinski definition) is 8. The largest absolute Gasteiger partial charge is 0.505 e. The molecule has 0 aliphatic heterocycles. The Labute approximate surface area is 369 Å². The Balaban J connectivity index is 1.26. The summed E-state index contributed by atoms with van der Waals surface area (Å²) in [5, 5.41) is 31.0. The molecule has 2 aromatic heterocycles. The number of aromatic nitrogens is 2. The predicted molar refractivity (Wildman–Crippen MR) is 236 cm³/mol. The fraction of sp³-hybridized carbons (Fsp3) is 0.0833. The van der Waals surface area contributed by atoms with Gasteiger partial charge in [0, 0.05) is 39.3 Å². The van der Waals surface area contributed by atoms with Crippen molar-refractivity contribution in [2.75, 3.05) is 0 Å². The van der Waals surface area contributed by atoms with Gasteiger partial charge in [-0.3, -0.25) is 19.6 Å². The van der Waals surface area contributed by atoms with E-state index < -0.39 is 41.9 Å². The number of carbonyl (C=O) groups is 2. The minimum Gasteiger partial charge on any atom is -0.505 e. The molecule has 0 radical (unpaired) electrons. The van der Waals surface area contributed by atoms with Gasteiger partial charge in [0.2, 0.25) is 12.2 Å². The molecule has 310 valence electrons. The normalized spacial score (nSPS) is 13.2. The van der Waals surface area contributed by atoms with Crippen LogP contribution in [-0.2, 0) is 9.59 Å². The van der Waals surface area contributed by atoms with Crippen molar-refractivity contribution in [3.05, 3.63) is 201 Å². The molecule has 0 spiro atoms. The Hall–Kier alpha value is -6.92. The highest BCUT2D eigenvalue weighted by Gasteiger charge is 2.41. The van der Waals surface area contributed by atoms with Crippen molar-refractivity contribution in [3.8, 4) is 23.0 Å². The number of pyridine rings is 2. The average Bonchev–Trinajstić information content (AvgIpc) is 3.29. The van der Waals surface area contributed by atoms with Gasteiger partial charge >= 0.3 is 0 Å². The molecule has 8 rings (SSSR count). The molecule has 0 saturated carbocycles. The number of para-hydroxylation sites is 1. The maximum absolute atomic E-state index is 15.1. The van der Waals surface area contributed by atoms with E-state index in [1.54, 1.807) is 103 Å². The quantitative estimate of drug-likeness (QED) is 0.0896. The number of nitrogens with zero attached hydrogens (tertiary/aromatic N) is 2. The lowest BCUT2D eigenvalue weighted by Crippen LogP contribution is -2.56. The molecule has 0 bridgehead atoms. The van der Waals surface area contributed by atoms with Gasteiger partial charge in [-0.2, -0.15) is 0 Å². The van der Waals surface area contributed by atoms with Crippen LogP contribution in [0.4, 0.5) is 4.39 Å². The Bertz CT molecular complexity index is 2910. The number of aromatic hydroxyl groups is 2. The maximum atomic E-state index is 15.1. The smallest absolute Gasteiger partial charge is 0.266 e. The van der Waals surface area contributed by atoms with Crippen molar-refractivity contribution in [1.29, 1.82) is 0 Å². The summed E-state index contributed by atoms with van der Waals surface area (Å²) in [7, 11) is 0. The van der Waals surface area contributed by atoms with Crippen LogP contribution in [0.2, 0.25) is 15.1 Å². The Morgan fingerprint density at radius 2 is 1.02 bits per heavy atom. The first-order chi connectivity index (χ1) is 30.0. The number of carbonyl (C=O) groups excluding carboxylic acids is 2. The van der Waals surface area contributed by atoms with Crippen molar-refractivity contribution in [2.45, 2.75) is 24.3 Å². The number of phenolic OH excluding ortho intramolecular Hbond substituents is 2. The molecule has 10 nitrogen and oxygen atoms in total. The number of ether oxygens (including phenoxy) is 2. The Morgan fingerprint density at radius 3 is 1.53 bits per heavy atom. The lowest BCUT2D eigenvalue weighted by atomic mass is 9.95. The van der Waals surface area contributed by atoms with Crippen molar-refractivity contribution >= 4 is 68.4 Å². The van der Waals surface area contributed by atoms with Crippen LogP contribution in [0, 0.1) is 5.82 Å². The van der Waals surface area contributed by atoms with E-state index >= 15 is 9.59 Å². The molecular weight excluding hydrogens is 854 g/mol. The fourth-order valence-corrected chi connectivity index (χ4v) is 7.79. The van der Waals surface area contributed by atoms with E-state index in [1.165, 1.54) is 54.9 Å². The van der Waals surface area contributed by atoms with E-state index in [0.717, 1.165) is 0 Å². The zero-order chi connectivity index (χ0) is 43.3. The molecule has 14 heteroatoms. The molecule has 0 aliphatic rings. The molecule has 62 heavy (non-hydrogen) atoms. The second-order valence-electron chi connectivity index (χ2n) is 14.1. The summed E-state index contributed by atoms with van der Waals surface area (Å²) < 4.78 is 27.7. The van der Waals surface area contributed by atoms with E-state index in [-0.39, 0.29) is 60.8 Å². The number of nitrogens with one attached hydrogen (secondary N) is 2. The van der Waals surface area contributed by atoms with E-state index in [0.29, 0.717) is 21.4 Å². The zero-order valence-corrected chi connectivity index (χ0v) is 34.5. The molecule has 0 aliphatic carbocycles. The van der Waals surface area contributed by atoms with Crippen LogP contribution in [0.3, 0.4) is 0 Å². The highest BCUT2D eigenvalue weighted by molar-refractivity contribution is 6.36. The van der Waals surface area contributed by atoms with Crippen molar-refractivity contribution in [3.63, 3.8) is 0 Å². The van der Waals surface area contributed by atoms with Gasteiger partial charge in [-0.1, -0.05) is 95.5 Å². The standard InChI is InChI=1S/C48H34Cl3FN4O6/c49-29-18-20-32(21-19-29)62-46(47(59)55-39(27-10-3-1-4-11-27)35-25-37(50)33-16-8-22-53-41(33)43(35)57)45(61-31-14-5-2-6-15-31)48(60)56-40(28-12-7-13-30(52)24-28)36-26-38(51)34-17-9-23-54-42(34)44(36)58/h1-26,39-40,45-46,57-58H,(H,55,59)(H,56,60). The van der Waals surface area contributed by atoms with Gasteiger partial charge in [0.25, 0.3) is 11.8 Å². The third kappa shape index (κ3) is 8.91. The summed E-state index contributed by atoms with van der Waals surface area (Å²) in [5.41, 5.74) is 1.41. The van der Waals surface area contributed by atoms with Crippen LogP contribution in [0.1, 0.15) is 34.3 Å². The fourth-order valence-electron chi connectivity index (χ4n) is 7.13. The van der Waals surface area contributed by atoms with Crippen LogP contribution >= 0.6 is 34.8 Å². The second-order valence-corrected chi connectivity index (χ2v) is 15.3. The number of phenols is 2. The highest BCUT2D eigenvalue weighted by Crippen LogP contribution is 2.40. The first-order valence-corrected chi connectivity index (χ1v) is 20.3. The summed E-state index contributed by atoms with van der Waals surface area (Å²) in [4.78, 5) is 38.9. The lowest BCUT2D eigenvalue weighted by molar-refractivity contribution is -0.143. The van der Waals surface area contributed by atoms with Gasteiger partial charge in [-0.25, -0.2) is 4.39 Å². The molecule has 4 N–H and O–H groups in total. The lowest BCUT2D eigenvalue weighted by Gasteiger charge is -2.31. The zero-order valence-electron chi connectivity index (χ0n) is 32.3. The first-order valence-electron chi connectivity index (χ1n) is 19.1. The summed E-state index contributed by atoms with van der Waals surface area (Å²) in [6, 6.07) is 36.1. The van der Waals surface area contributed by atoms with Gasteiger partial charge in [0.15, 0.2) is 0 Å². The first kappa shape index (κ1) is 41.8. The van der Waals surface area contributed by atoms with Gasteiger partial charge < -0.3 is 30.3 Å². The van der Waals surface area contributed by atoms with Crippen LogP contribution in [-0.4, -0.2) is 44.2 Å². The van der Waals surface area contributed by atoms with Gasteiger partial charge in [-0.05, 0) is 96.1 Å². The van der Waals surface area contributed by atoms with Gasteiger partial charge in [0.1, 0.15) is 39.8 Å². The third-order valence-electron chi connectivity index (χ3n) is 10.1. The van der Waals surface area contributed by atoms with Crippen molar-refractivity contribution in [2.24, 2.45) is 0 Å². The van der Waals surface area contributed by atoms with Crippen LogP contribution in [0.25, 0.3) is 21.8 Å². The number of rotatable bonds is 13. The summed E-state index contributed by atoms with van der Waals surface area (Å²) in [5.74, 6) is -2.60. The number of fused-ring (bicyclic) bond motifs is 2. The van der Waals surface area contributed by atoms with Crippen LogP contribution in [0.5, 0.6) is 23.0 Å². The molecule has 0 fully saturated rings. The van der Waals surface area contributed by atoms with Gasteiger partial charge in [-0.15, -0.1) is 0 Å². The predicted octanol–water partition coefficient (Wildman–Crippen LogP) is 10.3. The molecule has 2 amide bonds. The number of benzene rings is 6. The van der Waals surface area contributed by atoms with Crippen molar-refractivity contribution < 1.29 is 33.7 Å². The van der Waals surface area contributed by atoms with E-state index in [4.69, 9.17) is 44.3 Å². The molecule has 2 heterocycles. The van der Waals surface area contributed by atoms with E-state index in [2.05, 4.69) is 20.6 Å². The molecule has 0 saturated heterocycles. The molecule has 4 atom stereocenters. The van der Waals surface area contributed by atoms with E-state index in [1.807, 2.05) is 0 Å². The number of amides is 2. The summed E-state index contributed by atoms with van der Waals surface area (Å²) >= 11 is 19.7. The monoisotopic (exact) mass is 886 g/mol. The van der Waals surface area contributed by atoms with Crippen molar-refractivity contribution in [1.82, 2.24) is 20.6 Å². The number of halogens is 4. The molecular formula is C48H34Cl3FN4O6. The minimum absolute atomic E-state index is 0.0830. The molecule has 4 unspecified atom stereocenters. The van der Waals surface area contributed by atoms with Crippen LogP contribution in [0.15, 0.2) is 158 Å².